The maximum absolute atomic E-state index is 10.2. The van der Waals surface area contributed by atoms with E-state index in [-0.39, 0.29) is 12.0 Å². The predicted octanol–water partition coefficient (Wildman–Crippen LogP) is 4.81. The molecule has 0 aliphatic carbocycles. The summed E-state index contributed by atoms with van der Waals surface area (Å²) in [6.45, 7) is 4.56. The largest absolute Gasteiger partial charge is 0.493 e. The van der Waals surface area contributed by atoms with Crippen molar-refractivity contribution in [2.45, 2.75) is 57.8 Å². The highest BCUT2D eigenvalue weighted by molar-refractivity contribution is 5.43. The number of aliphatic hydroxyl groups excluding tert-OH is 1. The highest BCUT2D eigenvalue weighted by Gasteiger charge is 2.37. The summed E-state index contributed by atoms with van der Waals surface area (Å²) in [6, 6.07) is 16.4. The Morgan fingerprint density at radius 2 is 1.84 bits per heavy atom. The number of hydrogen-bond donors (Lipinski definition) is 1. The number of benzene rings is 2. The smallest absolute Gasteiger partial charge is 0.161 e. The lowest BCUT2D eigenvalue weighted by molar-refractivity contribution is -0.0486. The molecule has 2 heterocycles. The van der Waals surface area contributed by atoms with Gasteiger partial charge in [-0.1, -0.05) is 36.4 Å². The molecule has 32 heavy (non-hydrogen) atoms. The summed E-state index contributed by atoms with van der Waals surface area (Å²) in [5.41, 5.74) is 2.38. The van der Waals surface area contributed by atoms with Gasteiger partial charge in [0.2, 0.25) is 0 Å². The molecular weight excluding hydrogens is 402 g/mol. The number of ether oxygens (including phenoxy) is 3. The van der Waals surface area contributed by atoms with Gasteiger partial charge in [0, 0.05) is 19.8 Å². The van der Waals surface area contributed by atoms with E-state index in [2.05, 4.69) is 29.2 Å². The monoisotopic (exact) mass is 439 g/mol. The minimum Gasteiger partial charge on any atom is -0.493 e. The van der Waals surface area contributed by atoms with Gasteiger partial charge in [-0.05, 0) is 80.3 Å². The Morgan fingerprint density at radius 1 is 1.03 bits per heavy atom. The SMILES string of the molecule is COc1cc(CN2CCC(CO)(CC3CCCCO3)CC2)ccc1OCc1ccccc1. The van der Waals surface area contributed by atoms with Crippen molar-refractivity contribution < 1.29 is 19.3 Å². The fourth-order valence-corrected chi connectivity index (χ4v) is 4.99. The van der Waals surface area contributed by atoms with Gasteiger partial charge in [0.25, 0.3) is 0 Å². The fraction of sp³-hybridized carbons (Fsp3) is 0.556. The zero-order chi connectivity index (χ0) is 22.2. The van der Waals surface area contributed by atoms with Gasteiger partial charge in [-0.15, -0.1) is 0 Å². The minimum atomic E-state index is 0.0192. The van der Waals surface area contributed by atoms with Crippen LogP contribution in [0.3, 0.4) is 0 Å². The first kappa shape index (κ1) is 23.1. The predicted molar refractivity (Wildman–Crippen MR) is 126 cm³/mol. The lowest BCUT2D eigenvalue weighted by Crippen LogP contribution is -2.44. The molecule has 0 radical (unpaired) electrons. The van der Waals surface area contributed by atoms with E-state index in [4.69, 9.17) is 14.2 Å². The van der Waals surface area contributed by atoms with Crippen LogP contribution in [0.1, 0.15) is 49.7 Å². The Balaban J connectivity index is 1.31. The van der Waals surface area contributed by atoms with Crippen molar-refractivity contribution in [3.05, 3.63) is 59.7 Å². The zero-order valence-electron chi connectivity index (χ0n) is 19.3. The molecule has 5 heteroatoms. The number of rotatable bonds is 9. The third-order valence-electron chi connectivity index (χ3n) is 7.06. The fourth-order valence-electron chi connectivity index (χ4n) is 4.99. The number of nitrogens with zero attached hydrogens (tertiary/aromatic N) is 1. The first-order chi connectivity index (χ1) is 15.7. The third-order valence-corrected chi connectivity index (χ3v) is 7.06. The van der Waals surface area contributed by atoms with E-state index < -0.39 is 0 Å². The Kier molecular flexibility index (Phi) is 8.06. The van der Waals surface area contributed by atoms with Gasteiger partial charge >= 0.3 is 0 Å². The van der Waals surface area contributed by atoms with Gasteiger partial charge in [-0.3, -0.25) is 4.90 Å². The second-order valence-electron chi connectivity index (χ2n) is 9.39. The van der Waals surface area contributed by atoms with E-state index in [0.717, 1.165) is 69.0 Å². The molecule has 2 aliphatic heterocycles. The molecule has 2 saturated heterocycles. The number of hydrogen-bond acceptors (Lipinski definition) is 5. The van der Waals surface area contributed by atoms with E-state index in [9.17, 15) is 5.11 Å². The molecular formula is C27H37NO4. The van der Waals surface area contributed by atoms with E-state index >= 15 is 0 Å². The van der Waals surface area contributed by atoms with Gasteiger partial charge in [0.15, 0.2) is 11.5 Å². The molecule has 2 aromatic carbocycles. The molecule has 2 fully saturated rings. The van der Waals surface area contributed by atoms with Crippen LogP contribution in [0.5, 0.6) is 11.5 Å². The van der Waals surface area contributed by atoms with E-state index in [1.165, 1.54) is 18.4 Å². The van der Waals surface area contributed by atoms with E-state index in [1.807, 2.05) is 24.3 Å². The highest BCUT2D eigenvalue weighted by atomic mass is 16.5. The van der Waals surface area contributed by atoms with Crippen molar-refractivity contribution >= 4 is 0 Å². The topological polar surface area (TPSA) is 51.2 Å². The van der Waals surface area contributed by atoms with Crippen molar-refractivity contribution in [1.29, 1.82) is 0 Å². The van der Waals surface area contributed by atoms with E-state index in [1.54, 1.807) is 7.11 Å². The maximum atomic E-state index is 10.2. The number of piperidine rings is 1. The molecule has 2 aliphatic rings. The average Bonchev–Trinajstić information content (AvgIpc) is 2.85. The second kappa shape index (κ2) is 11.2. The van der Waals surface area contributed by atoms with Gasteiger partial charge in [-0.25, -0.2) is 0 Å². The maximum Gasteiger partial charge on any atom is 0.161 e. The lowest BCUT2D eigenvalue weighted by Gasteiger charge is -2.43. The van der Waals surface area contributed by atoms with Crippen LogP contribution in [0.2, 0.25) is 0 Å². The summed E-state index contributed by atoms with van der Waals surface area (Å²) < 4.78 is 17.6. The third kappa shape index (κ3) is 6.03. The molecule has 0 amide bonds. The van der Waals surface area contributed by atoms with Crippen LogP contribution in [-0.2, 0) is 17.9 Å². The molecule has 0 aromatic heterocycles. The van der Waals surface area contributed by atoms with Crippen molar-refractivity contribution in [2.75, 3.05) is 33.4 Å². The van der Waals surface area contributed by atoms with Crippen molar-refractivity contribution in [3.63, 3.8) is 0 Å². The van der Waals surface area contributed by atoms with E-state index in [0.29, 0.717) is 12.7 Å². The number of aliphatic hydroxyl groups is 1. The van der Waals surface area contributed by atoms with Gasteiger partial charge in [-0.2, -0.15) is 0 Å². The lowest BCUT2D eigenvalue weighted by atomic mass is 9.74. The molecule has 0 bridgehead atoms. The summed E-state index contributed by atoms with van der Waals surface area (Å²) in [4.78, 5) is 2.48. The first-order valence-electron chi connectivity index (χ1n) is 12.0. The summed E-state index contributed by atoms with van der Waals surface area (Å²) in [7, 11) is 1.69. The highest BCUT2D eigenvalue weighted by Crippen LogP contribution is 2.39. The molecule has 1 unspecified atom stereocenters. The van der Waals surface area contributed by atoms with Crippen molar-refractivity contribution in [2.24, 2.45) is 5.41 Å². The molecule has 5 nitrogen and oxygen atoms in total. The molecule has 1 N–H and O–H groups in total. The Morgan fingerprint density at radius 3 is 2.53 bits per heavy atom. The normalized spacial score (nSPS) is 21.2. The standard InChI is InChI=1S/C27H37NO4/c1-30-26-17-23(10-11-25(26)32-20-22-7-3-2-4-8-22)19-28-14-12-27(21-29,13-15-28)18-24-9-5-6-16-31-24/h2-4,7-8,10-11,17,24,29H,5-6,9,12-16,18-21H2,1H3. The summed E-state index contributed by atoms with van der Waals surface area (Å²) in [5, 5.41) is 10.2. The number of methoxy groups -OCH3 is 1. The Bertz CT molecular complexity index is 827. The van der Waals surface area contributed by atoms with Crippen LogP contribution in [-0.4, -0.2) is 49.5 Å². The van der Waals surface area contributed by atoms with Crippen LogP contribution in [0.15, 0.2) is 48.5 Å². The van der Waals surface area contributed by atoms with Crippen LogP contribution in [0, 0.1) is 5.41 Å². The zero-order valence-corrected chi connectivity index (χ0v) is 19.3. The van der Waals surface area contributed by atoms with Gasteiger partial charge in [0.05, 0.1) is 13.2 Å². The molecule has 2 aromatic rings. The van der Waals surface area contributed by atoms with Gasteiger partial charge < -0.3 is 19.3 Å². The molecule has 0 saturated carbocycles. The average molecular weight is 440 g/mol. The first-order valence-corrected chi connectivity index (χ1v) is 12.0. The van der Waals surface area contributed by atoms with Crippen molar-refractivity contribution in [1.82, 2.24) is 4.90 Å². The summed E-state index contributed by atoms with van der Waals surface area (Å²) in [5.74, 6) is 1.54. The minimum absolute atomic E-state index is 0.0192. The Labute approximate surface area is 192 Å². The molecule has 174 valence electrons. The van der Waals surface area contributed by atoms with Crippen LogP contribution >= 0.6 is 0 Å². The number of likely N-dealkylation sites (tertiary alicyclic amines) is 1. The van der Waals surface area contributed by atoms with Crippen LogP contribution in [0.25, 0.3) is 0 Å². The quantitative estimate of drug-likeness (QED) is 0.608. The summed E-state index contributed by atoms with van der Waals surface area (Å²) in [6.07, 6.45) is 6.96. The summed E-state index contributed by atoms with van der Waals surface area (Å²) >= 11 is 0. The van der Waals surface area contributed by atoms with Gasteiger partial charge in [0.1, 0.15) is 6.61 Å². The van der Waals surface area contributed by atoms with Crippen LogP contribution in [0.4, 0.5) is 0 Å². The Hall–Kier alpha value is -2.08. The molecule has 1 atom stereocenters. The van der Waals surface area contributed by atoms with Crippen LogP contribution < -0.4 is 9.47 Å². The second-order valence-corrected chi connectivity index (χ2v) is 9.39. The van der Waals surface area contributed by atoms with Crippen molar-refractivity contribution in [3.8, 4) is 11.5 Å². The molecule has 0 spiro atoms. The molecule has 4 rings (SSSR count).